The molecule has 3 aromatic rings. The van der Waals surface area contributed by atoms with E-state index in [4.69, 9.17) is 27.3 Å². The number of aromatic nitrogens is 1. The maximum absolute atomic E-state index is 14.8. The van der Waals surface area contributed by atoms with Crippen molar-refractivity contribution in [3.63, 3.8) is 0 Å². The Balaban J connectivity index is 0.00000272. The van der Waals surface area contributed by atoms with E-state index in [1.165, 1.54) is 18.3 Å². The van der Waals surface area contributed by atoms with Crippen molar-refractivity contribution in [3.8, 4) is 0 Å². The van der Waals surface area contributed by atoms with Gasteiger partial charge >= 0.3 is 0 Å². The van der Waals surface area contributed by atoms with Crippen LogP contribution >= 0.6 is 35.6 Å². The van der Waals surface area contributed by atoms with Crippen molar-refractivity contribution in [3.05, 3.63) is 74.4 Å². The van der Waals surface area contributed by atoms with Gasteiger partial charge in [0.15, 0.2) is 0 Å². The van der Waals surface area contributed by atoms with E-state index < -0.39 is 23.9 Å². The molecule has 1 aromatic heterocycles. The van der Waals surface area contributed by atoms with E-state index in [0.717, 1.165) is 4.57 Å². The predicted octanol–water partition coefficient (Wildman–Crippen LogP) is 4.71. The molecule has 1 atom stereocenters. The van der Waals surface area contributed by atoms with Gasteiger partial charge in [-0.2, -0.15) is 0 Å². The average Bonchev–Trinajstić information content (AvgIpc) is 3.14. The van der Waals surface area contributed by atoms with Crippen LogP contribution in [0.4, 0.5) is 10.1 Å². The minimum absolute atomic E-state index is 0. The number of anilines is 1. The summed E-state index contributed by atoms with van der Waals surface area (Å²) in [6.45, 7) is -1.55. The van der Waals surface area contributed by atoms with Crippen molar-refractivity contribution in [2.75, 3.05) is 18.4 Å². The highest BCUT2D eigenvalue weighted by molar-refractivity contribution is 6.42. The maximum Gasteiger partial charge on any atom is 0.258 e. The molecule has 1 unspecified atom stereocenters. The van der Waals surface area contributed by atoms with Gasteiger partial charge in [0.1, 0.15) is 5.82 Å². The SMILES string of the molecule is Cl.[2H]C([2H])([2H])n1ccc2ccc(NC3(c4c(F)ccc(Cl)c4Cl)CCNC3)cc2c1=O. The summed E-state index contributed by atoms with van der Waals surface area (Å²) in [6, 6.07) is 9.32. The Morgan fingerprint density at radius 1 is 1.29 bits per heavy atom. The smallest absolute Gasteiger partial charge is 0.258 e. The lowest BCUT2D eigenvalue weighted by Crippen LogP contribution is -2.39. The number of pyridine rings is 1. The molecule has 4 rings (SSSR count). The number of rotatable bonds is 3. The lowest BCUT2D eigenvalue weighted by atomic mass is 9.87. The monoisotopic (exact) mass is 444 g/mol. The van der Waals surface area contributed by atoms with Crippen LogP contribution in [-0.2, 0) is 12.5 Å². The van der Waals surface area contributed by atoms with E-state index in [1.54, 1.807) is 24.3 Å². The number of aryl methyl sites for hydroxylation is 1. The topological polar surface area (TPSA) is 46.1 Å². The van der Waals surface area contributed by atoms with Crippen LogP contribution in [0.5, 0.6) is 0 Å². The summed E-state index contributed by atoms with van der Waals surface area (Å²) in [5.74, 6) is -0.480. The lowest BCUT2D eigenvalue weighted by Gasteiger charge is -2.33. The summed E-state index contributed by atoms with van der Waals surface area (Å²) in [5, 5.41) is 7.78. The van der Waals surface area contributed by atoms with Gasteiger partial charge in [0.2, 0.25) is 0 Å². The van der Waals surface area contributed by atoms with Crippen LogP contribution in [0, 0.1) is 5.82 Å². The van der Waals surface area contributed by atoms with E-state index in [2.05, 4.69) is 10.6 Å². The second-order valence-electron chi connectivity index (χ2n) is 6.64. The van der Waals surface area contributed by atoms with E-state index >= 15 is 0 Å². The first-order valence-corrected chi connectivity index (χ1v) is 9.17. The van der Waals surface area contributed by atoms with Gasteiger partial charge in [0.25, 0.3) is 5.56 Å². The van der Waals surface area contributed by atoms with Gasteiger partial charge < -0.3 is 15.2 Å². The Bertz CT molecular complexity index is 1190. The molecule has 0 aliphatic carbocycles. The highest BCUT2D eigenvalue weighted by Crippen LogP contribution is 2.41. The summed E-state index contributed by atoms with van der Waals surface area (Å²) in [6.07, 6.45) is 1.80. The molecule has 148 valence electrons. The summed E-state index contributed by atoms with van der Waals surface area (Å²) in [7, 11) is 0. The Labute approximate surface area is 182 Å². The predicted molar refractivity (Wildman–Crippen MR) is 116 cm³/mol. The maximum atomic E-state index is 14.8. The molecule has 2 heterocycles. The molecule has 1 aliphatic heterocycles. The molecule has 2 N–H and O–H groups in total. The van der Waals surface area contributed by atoms with Crippen molar-refractivity contribution in [1.82, 2.24) is 9.88 Å². The van der Waals surface area contributed by atoms with Crippen LogP contribution < -0.4 is 16.2 Å². The van der Waals surface area contributed by atoms with Gasteiger partial charge in [-0.3, -0.25) is 4.79 Å². The van der Waals surface area contributed by atoms with E-state index in [0.29, 0.717) is 30.6 Å². The second-order valence-corrected chi connectivity index (χ2v) is 7.43. The Hall–Kier alpha value is -1.79. The van der Waals surface area contributed by atoms with Crippen molar-refractivity contribution >= 4 is 52.1 Å². The third-order valence-corrected chi connectivity index (χ3v) is 5.77. The fourth-order valence-corrected chi connectivity index (χ4v) is 4.13. The fourth-order valence-electron chi connectivity index (χ4n) is 3.63. The first-order chi connectivity index (χ1) is 14.1. The number of nitrogens with one attached hydrogen (secondary N) is 2. The highest BCUT2D eigenvalue weighted by Gasteiger charge is 2.40. The van der Waals surface area contributed by atoms with Gasteiger partial charge in [-0.05, 0) is 48.7 Å². The van der Waals surface area contributed by atoms with Gasteiger partial charge in [0, 0.05) is 40.5 Å². The average molecular weight is 446 g/mol. The number of hydrogen-bond acceptors (Lipinski definition) is 3. The number of halogens is 4. The van der Waals surface area contributed by atoms with Crippen molar-refractivity contribution < 1.29 is 8.50 Å². The van der Waals surface area contributed by atoms with Gasteiger partial charge in [-0.15, -0.1) is 12.4 Å². The standard InChI is InChI=1S/C20H18Cl2FN3O.ClH/c1-26-9-6-12-2-3-13(10-14(12)19(26)27)25-20(7-8-24-11-20)17-16(23)5-4-15(21)18(17)22;/h2-6,9-10,24-25H,7-8,11H2,1H3;1H/i1D3;. The van der Waals surface area contributed by atoms with Crippen LogP contribution in [0.1, 0.15) is 16.1 Å². The molecule has 0 radical (unpaired) electrons. The van der Waals surface area contributed by atoms with Gasteiger partial charge in [-0.1, -0.05) is 29.3 Å². The van der Waals surface area contributed by atoms with Crippen LogP contribution in [-0.4, -0.2) is 17.7 Å². The Kier molecular flexibility index (Phi) is 4.83. The minimum atomic E-state index is -2.58. The summed E-state index contributed by atoms with van der Waals surface area (Å²) >= 11 is 12.5. The zero-order valence-corrected chi connectivity index (χ0v) is 16.9. The molecule has 28 heavy (non-hydrogen) atoms. The van der Waals surface area contributed by atoms with Crippen LogP contribution in [0.15, 0.2) is 47.4 Å². The van der Waals surface area contributed by atoms with E-state index in [-0.39, 0.29) is 33.4 Å². The normalized spacial score (nSPS) is 20.9. The quantitative estimate of drug-likeness (QED) is 0.574. The number of nitrogens with zero attached hydrogens (tertiary/aromatic N) is 1. The number of benzene rings is 2. The summed E-state index contributed by atoms with van der Waals surface area (Å²) in [5.41, 5.74) is -0.698. The molecule has 0 bridgehead atoms. The molecular weight excluding hydrogens is 424 g/mol. The largest absolute Gasteiger partial charge is 0.374 e. The molecule has 1 aliphatic rings. The zero-order chi connectivity index (χ0) is 21.7. The molecule has 2 aromatic carbocycles. The summed E-state index contributed by atoms with van der Waals surface area (Å²) in [4.78, 5) is 12.7. The zero-order valence-electron chi connectivity index (χ0n) is 17.6. The molecule has 8 heteroatoms. The third-order valence-electron chi connectivity index (χ3n) is 4.97. The van der Waals surface area contributed by atoms with Crippen LogP contribution in [0.3, 0.4) is 0 Å². The first kappa shape index (κ1) is 17.1. The van der Waals surface area contributed by atoms with Crippen molar-refractivity contribution in [2.45, 2.75) is 12.0 Å². The third kappa shape index (κ3) is 3.48. The Morgan fingerprint density at radius 2 is 2.11 bits per heavy atom. The van der Waals surface area contributed by atoms with Gasteiger partial charge in [-0.25, -0.2) is 4.39 Å². The van der Waals surface area contributed by atoms with Crippen molar-refractivity contribution in [2.24, 2.45) is 6.98 Å². The fraction of sp³-hybridized carbons (Fsp3) is 0.250. The molecule has 4 nitrogen and oxygen atoms in total. The molecule has 1 fully saturated rings. The van der Waals surface area contributed by atoms with Gasteiger partial charge in [0.05, 0.1) is 15.6 Å². The van der Waals surface area contributed by atoms with E-state index in [1.807, 2.05) is 0 Å². The Morgan fingerprint density at radius 3 is 2.82 bits per heavy atom. The highest BCUT2D eigenvalue weighted by atomic mass is 35.5. The minimum Gasteiger partial charge on any atom is -0.374 e. The molecule has 0 amide bonds. The van der Waals surface area contributed by atoms with Crippen molar-refractivity contribution in [1.29, 1.82) is 0 Å². The van der Waals surface area contributed by atoms with E-state index in [9.17, 15) is 9.18 Å². The summed E-state index contributed by atoms with van der Waals surface area (Å²) < 4.78 is 38.1. The number of fused-ring (bicyclic) bond motifs is 1. The van der Waals surface area contributed by atoms with Crippen LogP contribution in [0.25, 0.3) is 10.8 Å². The number of hydrogen-bond donors (Lipinski definition) is 2. The lowest BCUT2D eigenvalue weighted by molar-refractivity contribution is 0.496. The molecule has 0 saturated carbocycles. The first-order valence-electron chi connectivity index (χ1n) is 9.91. The molecular formula is C20H19Cl3FN3O. The second kappa shape index (κ2) is 7.91. The van der Waals surface area contributed by atoms with Crippen LogP contribution in [0.2, 0.25) is 10.0 Å². The molecule has 1 saturated heterocycles. The molecule has 0 spiro atoms.